The largest absolute Gasteiger partial charge is 0.481 e. The van der Waals surface area contributed by atoms with Crippen molar-refractivity contribution in [2.45, 2.75) is 33.7 Å². The van der Waals surface area contributed by atoms with Crippen LogP contribution in [0.15, 0.2) is 0 Å². The van der Waals surface area contributed by atoms with Crippen LogP contribution in [0.4, 0.5) is 0 Å². The van der Waals surface area contributed by atoms with Crippen molar-refractivity contribution in [3.05, 3.63) is 17.0 Å². The summed E-state index contributed by atoms with van der Waals surface area (Å²) in [6.07, 6.45) is 0.0671. The standard InChI is InChI=1S/C9H14N2O2/c1-4-11-7(3)8(5-9(12)13)6(2)10-11/h4-5H2,1-3H3,(H,12,13). The first-order valence-electron chi connectivity index (χ1n) is 4.31. The van der Waals surface area contributed by atoms with E-state index in [-0.39, 0.29) is 6.42 Å². The van der Waals surface area contributed by atoms with Crippen molar-refractivity contribution in [3.8, 4) is 0 Å². The smallest absolute Gasteiger partial charge is 0.307 e. The number of rotatable bonds is 3. The Morgan fingerprint density at radius 1 is 1.54 bits per heavy atom. The molecule has 72 valence electrons. The van der Waals surface area contributed by atoms with Gasteiger partial charge in [-0.2, -0.15) is 5.10 Å². The summed E-state index contributed by atoms with van der Waals surface area (Å²) in [5.74, 6) is -0.804. The van der Waals surface area contributed by atoms with Crippen molar-refractivity contribution in [3.63, 3.8) is 0 Å². The maximum atomic E-state index is 10.5. The van der Waals surface area contributed by atoms with Gasteiger partial charge in [-0.15, -0.1) is 0 Å². The highest BCUT2D eigenvalue weighted by molar-refractivity contribution is 5.70. The third-order valence-corrected chi connectivity index (χ3v) is 2.16. The molecule has 0 aliphatic rings. The van der Waals surface area contributed by atoms with Crippen LogP contribution in [0.1, 0.15) is 23.9 Å². The number of aromatic nitrogens is 2. The van der Waals surface area contributed by atoms with Crippen LogP contribution in [-0.2, 0) is 17.8 Å². The highest BCUT2D eigenvalue weighted by Crippen LogP contribution is 2.13. The molecule has 4 heteroatoms. The summed E-state index contributed by atoms with van der Waals surface area (Å²) in [7, 11) is 0. The molecule has 0 spiro atoms. The van der Waals surface area contributed by atoms with Gasteiger partial charge in [0.2, 0.25) is 0 Å². The molecule has 1 heterocycles. The van der Waals surface area contributed by atoms with Crippen LogP contribution in [0.25, 0.3) is 0 Å². The van der Waals surface area contributed by atoms with Crippen LogP contribution in [-0.4, -0.2) is 20.9 Å². The molecule has 0 saturated heterocycles. The number of hydrogen-bond acceptors (Lipinski definition) is 2. The molecule has 1 N–H and O–H groups in total. The third-order valence-electron chi connectivity index (χ3n) is 2.16. The molecule has 0 fully saturated rings. The molecule has 13 heavy (non-hydrogen) atoms. The van der Waals surface area contributed by atoms with Gasteiger partial charge in [0.15, 0.2) is 0 Å². The predicted molar refractivity (Wildman–Crippen MR) is 48.7 cm³/mol. The van der Waals surface area contributed by atoms with Gasteiger partial charge in [-0.25, -0.2) is 0 Å². The van der Waals surface area contributed by atoms with E-state index in [0.29, 0.717) is 0 Å². The van der Waals surface area contributed by atoms with Crippen molar-refractivity contribution in [1.29, 1.82) is 0 Å². The Bertz CT molecular complexity index is 329. The van der Waals surface area contributed by atoms with E-state index < -0.39 is 5.97 Å². The second-order valence-corrected chi connectivity index (χ2v) is 3.04. The molecule has 0 aliphatic carbocycles. The van der Waals surface area contributed by atoms with Crippen molar-refractivity contribution in [2.75, 3.05) is 0 Å². The third kappa shape index (κ3) is 1.88. The minimum Gasteiger partial charge on any atom is -0.481 e. The molecule has 0 aromatic carbocycles. The normalized spacial score (nSPS) is 10.4. The van der Waals surface area contributed by atoms with Gasteiger partial charge in [-0.3, -0.25) is 9.48 Å². The minimum atomic E-state index is -0.804. The molecule has 0 saturated carbocycles. The molecule has 0 amide bonds. The van der Waals surface area contributed by atoms with Crippen molar-refractivity contribution in [1.82, 2.24) is 9.78 Å². The summed E-state index contributed by atoms with van der Waals surface area (Å²) in [4.78, 5) is 10.5. The highest BCUT2D eigenvalue weighted by Gasteiger charge is 2.12. The molecule has 1 aromatic rings. The summed E-state index contributed by atoms with van der Waals surface area (Å²) in [5, 5.41) is 12.9. The lowest BCUT2D eigenvalue weighted by Crippen LogP contribution is -2.03. The van der Waals surface area contributed by atoms with Crippen LogP contribution in [0.2, 0.25) is 0 Å². The Morgan fingerprint density at radius 2 is 2.15 bits per heavy atom. The first-order valence-corrected chi connectivity index (χ1v) is 4.31. The van der Waals surface area contributed by atoms with E-state index in [4.69, 9.17) is 5.11 Å². The van der Waals surface area contributed by atoms with E-state index in [1.54, 1.807) is 0 Å². The fraction of sp³-hybridized carbons (Fsp3) is 0.556. The van der Waals surface area contributed by atoms with E-state index in [0.717, 1.165) is 23.5 Å². The number of carboxylic acid groups (broad SMARTS) is 1. The lowest BCUT2D eigenvalue weighted by Gasteiger charge is -1.99. The summed E-state index contributed by atoms with van der Waals surface area (Å²) in [5.41, 5.74) is 2.62. The van der Waals surface area contributed by atoms with E-state index >= 15 is 0 Å². The zero-order valence-electron chi connectivity index (χ0n) is 8.16. The minimum absolute atomic E-state index is 0.0671. The Kier molecular flexibility index (Phi) is 2.70. The van der Waals surface area contributed by atoms with E-state index in [1.165, 1.54) is 0 Å². The summed E-state index contributed by atoms with van der Waals surface area (Å²) >= 11 is 0. The maximum absolute atomic E-state index is 10.5. The molecular weight excluding hydrogens is 168 g/mol. The fourth-order valence-electron chi connectivity index (χ4n) is 1.45. The average Bonchev–Trinajstić information content (AvgIpc) is 2.31. The number of aliphatic carboxylic acids is 1. The van der Waals surface area contributed by atoms with Gasteiger partial charge < -0.3 is 5.11 Å². The van der Waals surface area contributed by atoms with Crippen LogP contribution in [0.3, 0.4) is 0 Å². The zero-order valence-corrected chi connectivity index (χ0v) is 8.16. The second-order valence-electron chi connectivity index (χ2n) is 3.04. The van der Waals surface area contributed by atoms with Gasteiger partial charge in [-0.1, -0.05) is 0 Å². The Morgan fingerprint density at radius 3 is 2.54 bits per heavy atom. The molecule has 1 aromatic heterocycles. The summed E-state index contributed by atoms with van der Waals surface area (Å²) < 4.78 is 1.83. The quantitative estimate of drug-likeness (QED) is 0.762. The van der Waals surface area contributed by atoms with E-state index in [9.17, 15) is 4.79 Å². The van der Waals surface area contributed by atoms with E-state index in [2.05, 4.69) is 5.10 Å². The van der Waals surface area contributed by atoms with Crippen LogP contribution < -0.4 is 0 Å². The average molecular weight is 182 g/mol. The molecular formula is C9H14N2O2. The molecule has 0 radical (unpaired) electrons. The van der Waals surface area contributed by atoms with Gasteiger partial charge in [0, 0.05) is 17.8 Å². The molecule has 4 nitrogen and oxygen atoms in total. The topological polar surface area (TPSA) is 55.1 Å². The Balaban J connectivity index is 3.05. The van der Waals surface area contributed by atoms with E-state index in [1.807, 2.05) is 25.5 Å². The summed E-state index contributed by atoms with van der Waals surface area (Å²) in [6.45, 7) is 6.52. The van der Waals surface area contributed by atoms with Gasteiger partial charge >= 0.3 is 5.97 Å². The highest BCUT2D eigenvalue weighted by atomic mass is 16.4. The molecule has 0 aliphatic heterocycles. The van der Waals surface area contributed by atoms with Gasteiger partial charge in [-0.05, 0) is 20.8 Å². The molecule has 0 unspecified atom stereocenters. The van der Waals surface area contributed by atoms with Gasteiger partial charge in [0.25, 0.3) is 0 Å². The predicted octanol–water partition coefficient (Wildman–Crippen LogP) is 1.15. The second kappa shape index (κ2) is 3.60. The Labute approximate surface area is 77.2 Å². The lowest BCUT2D eigenvalue weighted by atomic mass is 10.1. The van der Waals surface area contributed by atoms with Crippen LogP contribution in [0.5, 0.6) is 0 Å². The SMILES string of the molecule is CCn1nc(C)c(CC(=O)O)c1C. The number of nitrogens with zero attached hydrogens (tertiary/aromatic N) is 2. The number of carbonyl (C=O) groups is 1. The number of hydrogen-bond donors (Lipinski definition) is 1. The van der Waals surface area contributed by atoms with Crippen molar-refractivity contribution >= 4 is 5.97 Å². The molecule has 0 bridgehead atoms. The molecule has 1 rings (SSSR count). The van der Waals surface area contributed by atoms with Crippen molar-refractivity contribution < 1.29 is 9.90 Å². The first kappa shape index (κ1) is 9.77. The van der Waals surface area contributed by atoms with Gasteiger partial charge in [0.1, 0.15) is 0 Å². The summed E-state index contributed by atoms with van der Waals surface area (Å²) in [6, 6.07) is 0. The molecule has 0 atom stereocenters. The van der Waals surface area contributed by atoms with Crippen molar-refractivity contribution in [2.24, 2.45) is 0 Å². The fourth-order valence-corrected chi connectivity index (χ4v) is 1.45. The zero-order chi connectivity index (χ0) is 10.0. The maximum Gasteiger partial charge on any atom is 0.307 e. The number of carboxylic acids is 1. The Hall–Kier alpha value is -1.32. The van der Waals surface area contributed by atoms with Gasteiger partial charge in [0.05, 0.1) is 12.1 Å². The number of aryl methyl sites for hydroxylation is 2. The van der Waals surface area contributed by atoms with Crippen LogP contribution >= 0.6 is 0 Å². The first-order chi connectivity index (χ1) is 6.06. The monoisotopic (exact) mass is 182 g/mol. The lowest BCUT2D eigenvalue weighted by molar-refractivity contribution is -0.136. The van der Waals surface area contributed by atoms with Crippen LogP contribution in [0, 0.1) is 13.8 Å².